The number of benzene rings is 2. The third-order valence-electron chi connectivity index (χ3n) is 5.09. The lowest BCUT2D eigenvalue weighted by molar-refractivity contribution is 0.398. The zero-order valence-electron chi connectivity index (χ0n) is 17.1. The molecular weight excluding hydrogens is 432 g/mol. The fraction of sp³-hybridized carbons (Fsp3) is 0.174. The molecule has 0 radical (unpaired) electrons. The minimum Gasteiger partial charge on any atom is -0.497 e. The first-order valence-electron chi connectivity index (χ1n) is 9.65. The smallest absolute Gasteiger partial charge is 0.258 e. The predicted molar refractivity (Wildman–Crippen MR) is 126 cm³/mol. The van der Waals surface area contributed by atoms with Gasteiger partial charge in [-0.05, 0) is 61.1 Å². The molecule has 1 N–H and O–H groups in total. The van der Waals surface area contributed by atoms with Crippen LogP contribution in [0.5, 0.6) is 5.75 Å². The van der Waals surface area contributed by atoms with Crippen molar-refractivity contribution in [1.29, 1.82) is 0 Å². The molecule has 1 unspecified atom stereocenters. The van der Waals surface area contributed by atoms with Crippen molar-refractivity contribution >= 4 is 34.5 Å². The standard InChI is InChI=1S/C23H21ClN4O2S/c1-4-12-28-14(2)19(20(25-23(28)31)16-6-5-7-18(13-16)29-3)22-26-21(27-30-22)15-8-10-17(24)11-9-15/h4-11,13,20H,1,12H2,2-3H3,(H,25,31). The Morgan fingerprint density at radius 3 is 2.77 bits per heavy atom. The first-order valence-corrected chi connectivity index (χ1v) is 10.4. The van der Waals surface area contributed by atoms with Gasteiger partial charge in [0.05, 0.1) is 18.7 Å². The SMILES string of the molecule is C=CCN1C(=S)NC(c2cccc(OC)c2)C(c2nc(-c3ccc(Cl)cc3)no2)=C1C. The second-order valence-electron chi connectivity index (χ2n) is 6.99. The molecule has 0 aliphatic carbocycles. The number of ether oxygens (including phenoxy) is 1. The van der Waals surface area contributed by atoms with Gasteiger partial charge in [0.15, 0.2) is 5.11 Å². The number of thiocarbonyl (C=S) groups is 1. The summed E-state index contributed by atoms with van der Waals surface area (Å²) in [7, 11) is 1.64. The maximum atomic E-state index is 6.00. The number of hydrogen-bond donors (Lipinski definition) is 1. The van der Waals surface area contributed by atoms with Crippen molar-refractivity contribution in [3.8, 4) is 17.1 Å². The van der Waals surface area contributed by atoms with E-state index < -0.39 is 0 Å². The Hall–Kier alpha value is -3.16. The Bertz CT molecular complexity index is 1160. The van der Waals surface area contributed by atoms with E-state index in [1.165, 1.54) is 0 Å². The molecule has 0 bridgehead atoms. The van der Waals surface area contributed by atoms with Crippen LogP contribution in [-0.2, 0) is 0 Å². The summed E-state index contributed by atoms with van der Waals surface area (Å²) < 4.78 is 11.1. The number of nitrogens with one attached hydrogen (secondary N) is 1. The van der Waals surface area contributed by atoms with Crippen LogP contribution in [0.25, 0.3) is 17.0 Å². The highest BCUT2D eigenvalue weighted by molar-refractivity contribution is 7.80. The highest BCUT2D eigenvalue weighted by Gasteiger charge is 2.33. The molecule has 0 saturated carbocycles. The molecule has 1 aromatic heterocycles. The van der Waals surface area contributed by atoms with Crippen molar-refractivity contribution in [3.63, 3.8) is 0 Å². The van der Waals surface area contributed by atoms with Gasteiger partial charge >= 0.3 is 0 Å². The van der Waals surface area contributed by atoms with E-state index >= 15 is 0 Å². The fourth-order valence-corrected chi connectivity index (χ4v) is 3.98. The van der Waals surface area contributed by atoms with E-state index in [-0.39, 0.29) is 6.04 Å². The van der Waals surface area contributed by atoms with Crippen molar-refractivity contribution < 1.29 is 9.26 Å². The minimum absolute atomic E-state index is 0.276. The molecule has 4 rings (SSSR count). The Morgan fingerprint density at radius 2 is 2.06 bits per heavy atom. The zero-order valence-corrected chi connectivity index (χ0v) is 18.7. The molecule has 0 saturated heterocycles. The lowest BCUT2D eigenvalue weighted by atomic mass is 9.94. The van der Waals surface area contributed by atoms with Crippen LogP contribution in [0.4, 0.5) is 0 Å². The van der Waals surface area contributed by atoms with Crippen molar-refractivity contribution in [3.05, 3.63) is 83.4 Å². The summed E-state index contributed by atoms with van der Waals surface area (Å²) in [5.74, 6) is 1.65. The fourth-order valence-electron chi connectivity index (χ4n) is 3.53. The monoisotopic (exact) mass is 452 g/mol. The number of methoxy groups -OCH3 is 1. The van der Waals surface area contributed by atoms with E-state index in [9.17, 15) is 0 Å². The third kappa shape index (κ3) is 4.19. The maximum absolute atomic E-state index is 6.00. The summed E-state index contributed by atoms with van der Waals surface area (Å²) in [6.45, 7) is 6.39. The van der Waals surface area contributed by atoms with Gasteiger partial charge in [-0.1, -0.05) is 35.0 Å². The van der Waals surface area contributed by atoms with Crippen molar-refractivity contribution in [1.82, 2.24) is 20.4 Å². The van der Waals surface area contributed by atoms with Crippen LogP contribution in [0, 0.1) is 0 Å². The Kier molecular flexibility index (Phi) is 6.06. The molecule has 1 aliphatic rings. The van der Waals surface area contributed by atoms with Crippen LogP contribution in [-0.4, -0.2) is 33.8 Å². The molecule has 6 nitrogen and oxygen atoms in total. The second-order valence-corrected chi connectivity index (χ2v) is 7.81. The second kappa shape index (κ2) is 8.91. The highest BCUT2D eigenvalue weighted by atomic mass is 35.5. The Labute approximate surface area is 191 Å². The number of halogens is 1. The summed E-state index contributed by atoms with van der Waals surface area (Å²) in [4.78, 5) is 6.64. The van der Waals surface area contributed by atoms with E-state index in [4.69, 9.17) is 33.1 Å². The Balaban J connectivity index is 1.82. The summed E-state index contributed by atoms with van der Waals surface area (Å²) in [5, 5.41) is 8.85. The maximum Gasteiger partial charge on any atom is 0.258 e. The van der Waals surface area contributed by atoms with Gasteiger partial charge in [0.25, 0.3) is 5.89 Å². The lowest BCUT2D eigenvalue weighted by Gasteiger charge is -2.36. The van der Waals surface area contributed by atoms with Crippen molar-refractivity contribution in [2.75, 3.05) is 13.7 Å². The Morgan fingerprint density at radius 1 is 1.29 bits per heavy atom. The summed E-state index contributed by atoms with van der Waals surface area (Å²) in [6.07, 6.45) is 1.80. The van der Waals surface area contributed by atoms with Crippen LogP contribution >= 0.6 is 23.8 Å². The van der Waals surface area contributed by atoms with E-state index in [2.05, 4.69) is 22.0 Å². The van der Waals surface area contributed by atoms with Gasteiger partial charge in [-0.25, -0.2) is 0 Å². The minimum atomic E-state index is -0.276. The lowest BCUT2D eigenvalue weighted by Crippen LogP contribution is -2.45. The normalized spacial score (nSPS) is 16.3. The van der Waals surface area contributed by atoms with Crippen LogP contribution < -0.4 is 10.1 Å². The summed E-state index contributed by atoms with van der Waals surface area (Å²) in [5.41, 5.74) is 3.55. The molecule has 8 heteroatoms. The van der Waals surface area contributed by atoms with Crippen LogP contribution in [0.1, 0.15) is 24.4 Å². The van der Waals surface area contributed by atoms with Crippen molar-refractivity contribution in [2.24, 2.45) is 0 Å². The third-order valence-corrected chi connectivity index (χ3v) is 5.68. The number of aromatic nitrogens is 2. The molecule has 0 fully saturated rings. The molecular formula is C23H21ClN4O2S. The first kappa shape index (κ1) is 21.1. The molecule has 31 heavy (non-hydrogen) atoms. The van der Waals surface area contributed by atoms with Gasteiger partial charge in [0.1, 0.15) is 5.75 Å². The van der Waals surface area contributed by atoms with Crippen LogP contribution in [0.2, 0.25) is 5.02 Å². The number of nitrogens with zero attached hydrogens (tertiary/aromatic N) is 3. The van der Waals surface area contributed by atoms with Gasteiger partial charge in [-0.2, -0.15) is 4.98 Å². The molecule has 0 amide bonds. The molecule has 3 aromatic rings. The predicted octanol–water partition coefficient (Wildman–Crippen LogP) is 5.25. The average Bonchev–Trinajstić information content (AvgIpc) is 3.26. The average molecular weight is 453 g/mol. The van der Waals surface area contributed by atoms with Crippen LogP contribution in [0.15, 0.2) is 71.4 Å². The quantitative estimate of drug-likeness (QED) is 0.405. The highest BCUT2D eigenvalue weighted by Crippen LogP contribution is 2.38. The van der Waals surface area contributed by atoms with Gasteiger partial charge < -0.3 is 19.5 Å². The molecule has 0 spiro atoms. The van der Waals surface area contributed by atoms with E-state index in [1.54, 1.807) is 25.3 Å². The molecule has 2 aromatic carbocycles. The first-order chi connectivity index (χ1) is 15.0. The number of hydrogen-bond acceptors (Lipinski definition) is 5. The molecule has 1 aliphatic heterocycles. The van der Waals surface area contributed by atoms with E-state index in [0.29, 0.717) is 28.4 Å². The summed E-state index contributed by atoms with van der Waals surface area (Å²) >= 11 is 11.6. The summed E-state index contributed by atoms with van der Waals surface area (Å²) in [6, 6.07) is 14.8. The van der Waals surface area contributed by atoms with Gasteiger partial charge in [-0.15, -0.1) is 6.58 Å². The van der Waals surface area contributed by atoms with E-state index in [1.807, 2.05) is 48.2 Å². The van der Waals surface area contributed by atoms with Crippen molar-refractivity contribution in [2.45, 2.75) is 13.0 Å². The molecule has 158 valence electrons. The molecule has 2 heterocycles. The molecule has 1 atom stereocenters. The van der Waals surface area contributed by atoms with Gasteiger partial charge in [-0.3, -0.25) is 0 Å². The van der Waals surface area contributed by atoms with E-state index in [0.717, 1.165) is 28.1 Å². The van der Waals surface area contributed by atoms with Gasteiger partial charge in [0.2, 0.25) is 5.82 Å². The number of allylic oxidation sites excluding steroid dienone is 1. The van der Waals surface area contributed by atoms with Crippen LogP contribution in [0.3, 0.4) is 0 Å². The largest absolute Gasteiger partial charge is 0.497 e. The topological polar surface area (TPSA) is 63.4 Å². The number of rotatable bonds is 6. The zero-order chi connectivity index (χ0) is 22.0. The van der Waals surface area contributed by atoms with Gasteiger partial charge in [0, 0.05) is 22.8 Å².